The molecule has 0 bridgehead atoms. The molecule has 0 aromatic heterocycles. The summed E-state index contributed by atoms with van der Waals surface area (Å²) in [6, 6.07) is 9.23. The van der Waals surface area contributed by atoms with Gasteiger partial charge in [0.25, 0.3) is 0 Å². The summed E-state index contributed by atoms with van der Waals surface area (Å²) < 4.78 is 0. The van der Waals surface area contributed by atoms with Crippen molar-refractivity contribution in [3.63, 3.8) is 0 Å². The highest BCUT2D eigenvalue weighted by Gasteiger charge is 2.21. The summed E-state index contributed by atoms with van der Waals surface area (Å²) in [4.78, 5) is 7.84. The summed E-state index contributed by atoms with van der Waals surface area (Å²) in [6.07, 6.45) is 4.23. The van der Waals surface area contributed by atoms with E-state index in [0.29, 0.717) is 5.92 Å². The molecule has 3 rings (SSSR count). The summed E-state index contributed by atoms with van der Waals surface area (Å²) >= 11 is 0. The lowest BCUT2D eigenvalue weighted by atomic mass is 9.93. The first kappa shape index (κ1) is 18.7. The van der Waals surface area contributed by atoms with Crippen molar-refractivity contribution in [2.45, 2.75) is 46.0 Å². The van der Waals surface area contributed by atoms with Crippen molar-refractivity contribution in [1.82, 2.24) is 9.80 Å². The quantitative estimate of drug-likeness (QED) is 0.771. The summed E-state index contributed by atoms with van der Waals surface area (Å²) in [7, 11) is 0. The van der Waals surface area contributed by atoms with Gasteiger partial charge in [0.05, 0.1) is 0 Å². The van der Waals surface area contributed by atoms with Gasteiger partial charge in [0.1, 0.15) is 0 Å². The fourth-order valence-electron chi connectivity index (χ4n) is 4.26. The van der Waals surface area contributed by atoms with Crippen molar-refractivity contribution >= 4 is 5.69 Å². The first-order valence-electron chi connectivity index (χ1n) is 10.5. The first-order valence-corrected chi connectivity index (χ1v) is 10.5. The van der Waals surface area contributed by atoms with Gasteiger partial charge in [-0.3, -0.25) is 4.90 Å². The van der Waals surface area contributed by atoms with Crippen LogP contribution in [0.1, 0.15) is 51.5 Å². The third kappa shape index (κ3) is 5.21. The Labute approximate surface area is 155 Å². The van der Waals surface area contributed by atoms with Gasteiger partial charge in [-0.05, 0) is 75.0 Å². The smallest absolute Gasteiger partial charge is 0.0367 e. The average Bonchev–Trinajstić information content (AvgIpc) is 2.67. The second kappa shape index (κ2) is 9.05. The number of rotatable bonds is 6. The van der Waals surface area contributed by atoms with Crippen molar-refractivity contribution < 1.29 is 0 Å². The van der Waals surface area contributed by atoms with E-state index in [2.05, 4.69) is 59.7 Å². The topological polar surface area (TPSA) is 9.72 Å². The highest BCUT2D eigenvalue weighted by Crippen LogP contribution is 2.23. The van der Waals surface area contributed by atoms with Crippen LogP contribution in [0.5, 0.6) is 0 Å². The Morgan fingerprint density at radius 2 is 1.52 bits per heavy atom. The normalized spacial score (nSPS) is 21.2. The fraction of sp³-hybridized carbons (Fsp3) is 0.727. The van der Waals surface area contributed by atoms with Crippen LogP contribution in [0.4, 0.5) is 5.69 Å². The molecule has 140 valence electrons. The van der Waals surface area contributed by atoms with E-state index < -0.39 is 0 Å². The van der Waals surface area contributed by atoms with Gasteiger partial charge < -0.3 is 9.80 Å². The molecule has 25 heavy (non-hydrogen) atoms. The average molecular weight is 344 g/mol. The summed E-state index contributed by atoms with van der Waals surface area (Å²) in [6.45, 7) is 16.8. The molecule has 2 heterocycles. The number of benzene rings is 1. The van der Waals surface area contributed by atoms with Crippen LogP contribution in [0.2, 0.25) is 0 Å². The minimum atomic E-state index is 0.620. The molecule has 3 heteroatoms. The lowest BCUT2D eigenvalue weighted by Gasteiger charge is -2.37. The molecule has 2 aliphatic heterocycles. The Bertz CT molecular complexity index is 495. The number of piperazine rings is 1. The van der Waals surface area contributed by atoms with E-state index in [1.165, 1.54) is 82.9 Å². The van der Waals surface area contributed by atoms with Crippen molar-refractivity contribution in [3.05, 3.63) is 29.8 Å². The second-order valence-electron chi connectivity index (χ2n) is 8.24. The van der Waals surface area contributed by atoms with E-state index in [0.717, 1.165) is 5.92 Å². The van der Waals surface area contributed by atoms with Gasteiger partial charge >= 0.3 is 0 Å². The van der Waals surface area contributed by atoms with Crippen LogP contribution in [-0.4, -0.2) is 62.2 Å². The van der Waals surface area contributed by atoms with E-state index in [9.17, 15) is 0 Å². The van der Waals surface area contributed by atoms with Crippen molar-refractivity contribution in [2.24, 2.45) is 5.92 Å². The van der Waals surface area contributed by atoms with Gasteiger partial charge in [0.2, 0.25) is 0 Å². The third-order valence-corrected chi connectivity index (χ3v) is 6.31. The Kier molecular flexibility index (Phi) is 6.77. The van der Waals surface area contributed by atoms with Crippen LogP contribution < -0.4 is 4.90 Å². The number of anilines is 1. The maximum atomic E-state index is 2.69. The van der Waals surface area contributed by atoms with Gasteiger partial charge in [-0.15, -0.1) is 0 Å². The van der Waals surface area contributed by atoms with Gasteiger partial charge in [-0.1, -0.05) is 32.9 Å². The van der Waals surface area contributed by atoms with Crippen molar-refractivity contribution in [1.29, 1.82) is 0 Å². The molecule has 2 fully saturated rings. The molecular weight excluding hydrogens is 306 g/mol. The Morgan fingerprint density at radius 3 is 2.08 bits per heavy atom. The Morgan fingerprint density at radius 1 is 0.880 bits per heavy atom. The summed E-state index contributed by atoms with van der Waals surface area (Å²) in [5.74, 6) is 1.58. The molecule has 2 saturated heterocycles. The van der Waals surface area contributed by atoms with Gasteiger partial charge in [-0.25, -0.2) is 0 Å². The molecule has 0 radical (unpaired) electrons. The molecule has 1 aromatic rings. The zero-order valence-corrected chi connectivity index (χ0v) is 16.6. The van der Waals surface area contributed by atoms with E-state index in [1.807, 2.05) is 0 Å². The van der Waals surface area contributed by atoms with Crippen molar-refractivity contribution in [3.8, 4) is 0 Å². The van der Waals surface area contributed by atoms with Crippen LogP contribution in [0.3, 0.4) is 0 Å². The molecule has 0 aliphatic carbocycles. The minimum Gasteiger partial charge on any atom is -0.369 e. The van der Waals surface area contributed by atoms with Crippen molar-refractivity contribution in [2.75, 3.05) is 57.3 Å². The maximum Gasteiger partial charge on any atom is 0.0367 e. The maximum absolute atomic E-state index is 2.69. The third-order valence-electron chi connectivity index (χ3n) is 6.31. The monoisotopic (exact) mass is 343 g/mol. The molecule has 3 nitrogen and oxygen atoms in total. The molecule has 0 N–H and O–H groups in total. The lowest BCUT2D eigenvalue weighted by molar-refractivity contribution is 0.166. The Balaban J connectivity index is 1.38. The summed E-state index contributed by atoms with van der Waals surface area (Å²) in [5, 5.41) is 0. The molecular formula is C22H37N3. The molecule has 2 aliphatic rings. The number of hydrogen-bond acceptors (Lipinski definition) is 3. The predicted octanol–water partition coefficient (Wildman–Crippen LogP) is 4.05. The van der Waals surface area contributed by atoms with Crippen LogP contribution in [0.25, 0.3) is 0 Å². The van der Waals surface area contributed by atoms with Gasteiger partial charge in [-0.2, -0.15) is 0 Å². The zero-order valence-electron chi connectivity index (χ0n) is 16.6. The van der Waals surface area contributed by atoms with Gasteiger partial charge in [0.15, 0.2) is 0 Å². The standard InChI is InChI=1S/C22H37N3/c1-4-23-12-9-20(10-13-23)11-14-24-15-17-25(18-16-24)22-7-5-21(6-8-22)19(2)3/h5-8,19-20H,4,9-18H2,1-3H3. The number of piperidine rings is 1. The molecule has 0 saturated carbocycles. The van der Waals surface area contributed by atoms with E-state index >= 15 is 0 Å². The zero-order chi connectivity index (χ0) is 17.6. The molecule has 1 aromatic carbocycles. The van der Waals surface area contributed by atoms with Crippen LogP contribution in [0.15, 0.2) is 24.3 Å². The van der Waals surface area contributed by atoms with E-state index in [4.69, 9.17) is 0 Å². The largest absolute Gasteiger partial charge is 0.369 e. The van der Waals surface area contributed by atoms with Crippen LogP contribution in [0, 0.1) is 5.92 Å². The van der Waals surface area contributed by atoms with E-state index in [-0.39, 0.29) is 0 Å². The number of hydrogen-bond donors (Lipinski definition) is 0. The molecule has 0 unspecified atom stereocenters. The molecule has 0 amide bonds. The molecule has 0 spiro atoms. The number of nitrogens with zero attached hydrogens (tertiary/aromatic N) is 3. The minimum absolute atomic E-state index is 0.620. The fourth-order valence-corrected chi connectivity index (χ4v) is 4.26. The second-order valence-corrected chi connectivity index (χ2v) is 8.24. The predicted molar refractivity (Wildman–Crippen MR) is 109 cm³/mol. The highest BCUT2D eigenvalue weighted by molar-refractivity contribution is 5.48. The van der Waals surface area contributed by atoms with E-state index in [1.54, 1.807) is 0 Å². The first-order chi connectivity index (χ1) is 12.2. The van der Waals surface area contributed by atoms with Gasteiger partial charge in [0, 0.05) is 31.9 Å². The highest BCUT2D eigenvalue weighted by atomic mass is 15.3. The lowest BCUT2D eigenvalue weighted by Crippen LogP contribution is -2.47. The number of likely N-dealkylation sites (tertiary alicyclic amines) is 1. The van der Waals surface area contributed by atoms with Crippen LogP contribution in [-0.2, 0) is 0 Å². The SMILES string of the molecule is CCN1CCC(CCN2CCN(c3ccc(C(C)C)cc3)CC2)CC1. The summed E-state index contributed by atoms with van der Waals surface area (Å²) in [5.41, 5.74) is 2.84. The van der Waals surface area contributed by atoms with Crippen LogP contribution >= 0.6 is 0 Å². The Hall–Kier alpha value is -1.06. The molecule has 0 atom stereocenters.